The first-order chi connectivity index (χ1) is 10.8. The van der Waals surface area contributed by atoms with Crippen LogP contribution < -0.4 is 0 Å². The van der Waals surface area contributed by atoms with Gasteiger partial charge in [0.15, 0.2) is 0 Å². The molecule has 1 fully saturated rings. The zero-order valence-corrected chi connectivity index (χ0v) is 12.6. The number of allylic oxidation sites excluding steroid dienone is 1. The molecule has 0 amide bonds. The lowest BCUT2D eigenvalue weighted by atomic mass is 9.88. The molecule has 0 saturated carbocycles. The summed E-state index contributed by atoms with van der Waals surface area (Å²) in [6.45, 7) is 0.0824. The fourth-order valence-corrected chi connectivity index (χ4v) is 3.02. The van der Waals surface area contributed by atoms with Crippen LogP contribution in [0, 0.1) is 5.92 Å². The zero-order valence-electron chi connectivity index (χ0n) is 12.6. The van der Waals surface area contributed by atoms with Gasteiger partial charge in [0.05, 0.1) is 18.8 Å². The van der Waals surface area contributed by atoms with Crippen LogP contribution in [-0.4, -0.2) is 17.8 Å². The van der Waals surface area contributed by atoms with E-state index in [0.717, 1.165) is 12.8 Å². The molecule has 114 valence electrons. The monoisotopic (exact) mass is 294 g/mol. The van der Waals surface area contributed by atoms with Gasteiger partial charge in [-0.2, -0.15) is 0 Å². The first-order valence-electron chi connectivity index (χ1n) is 7.89. The Morgan fingerprint density at radius 3 is 2.32 bits per heavy atom. The predicted molar refractivity (Wildman–Crippen MR) is 89.3 cm³/mol. The van der Waals surface area contributed by atoms with Crippen LogP contribution in [-0.2, 0) is 4.74 Å². The lowest BCUT2D eigenvalue weighted by Gasteiger charge is -2.33. The Labute approximate surface area is 132 Å². The molecule has 1 saturated heterocycles. The molecule has 2 nitrogen and oxygen atoms in total. The normalized spacial score (nSPS) is 25.4. The second kappa shape index (κ2) is 7.39. The fourth-order valence-electron chi connectivity index (χ4n) is 3.02. The van der Waals surface area contributed by atoms with Crippen LogP contribution in [0.15, 0.2) is 66.7 Å². The van der Waals surface area contributed by atoms with E-state index in [1.54, 1.807) is 0 Å². The highest BCUT2D eigenvalue weighted by Crippen LogP contribution is 2.35. The van der Waals surface area contributed by atoms with E-state index in [9.17, 15) is 5.11 Å². The van der Waals surface area contributed by atoms with E-state index in [-0.39, 0.29) is 18.8 Å². The van der Waals surface area contributed by atoms with E-state index in [4.69, 9.17) is 4.74 Å². The Balaban J connectivity index is 1.72. The Hall–Kier alpha value is -1.90. The average molecular weight is 294 g/mol. The highest BCUT2D eigenvalue weighted by molar-refractivity contribution is 5.49. The number of hydrogen-bond donors (Lipinski definition) is 1. The molecule has 0 radical (unpaired) electrons. The van der Waals surface area contributed by atoms with E-state index in [1.165, 1.54) is 11.1 Å². The minimum atomic E-state index is -0.0793. The quantitative estimate of drug-likeness (QED) is 0.914. The van der Waals surface area contributed by atoms with Crippen molar-refractivity contribution in [1.82, 2.24) is 0 Å². The summed E-state index contributed by atoms with van der Waals surface area (Å²) in [5, 5.41) is 9.51. The zero-order chi connectivity index (χ0) is 15.2. The van der Waals surface area contributed by atoms with Crippen LogP contribution >= 0.6 is 0 Å². The molecule has 1 aliphatic heterocycles. The number of benzene rings is 2. The van der Waals surface area contributed by atoms with Crippen LogP contribution in [0.2, 0.25) is 0 Å². The average Bonchev–Trinajstić information content (AvgIpc) is 2.61. The minimum absolute atomic E-state index is 0.0672. The molecule has 3 rings (SSSR count). The summed E-state index contributed by atoms with van der Waals surface area (Å²) in [5.41, 5.74) is 2.41. The van der Waals surface area contributed by atoms with Crippen molar-refractivity contribution in [3.05, 3.63) is 77.9 Å². The van der Waals surface area contributed by atoms with Crippen LogP contribution in [0.4, 0.5) is 0 Å². The standard InChI is InChI=1S/C20H22O2/c21-15-19-13-17(12-11-16-7-3-1-4-8-16)14-20(22-19)18-9-5-2-6-10-18/h1-12,17,19-21H,13-15H2/b12-11+/t17-,19+,20+/m1/s1. The summed E-state index contributed by atoms with van der Waals surface area (Å²) in [6, 6.07) is 20.6. The molecule has 22 heavy (non-hydrogen) atoms. The molecule has 1 N–H and O–H groups in total. The second-order valence-corrected chi connectivity index (χ2v) is 5.84. The first kappa shape index (κ1) is 15.0. The van der Waals surface area contributed by atoms with Crippen molar-refractivity contribution in [2.75, 3.05) is 6.61 Å². The van der Waals surface area contributed by atoms with Gasteiger partial charge in [0.2, 0.25) is 0 Å². The Morgan fingerprint density at radius 2 is 1.64 bits per heavy atom. The van der Waals surface area contributed by atoms with Crippen LogP contribution in [0.3, 0.4) is 0 Å². The molecule has 2 heteroatoms. The molecule has 1 aliphatic rings. The SMILES string of the molecule is OC[C@@H]1C[C@@H](/C=C/c2ccccc2)C[C@@H](c2ccccc2)O1. The number of hydrogen-bond acceptors (Lipinski definition) is 2. The largest absolute Gasteiger partial charge is 0.394 e. The van der Waals surface area contributed by atoms with Crippen LogP contribution in [0.5, 0.6) is 0 Å². The van der Waals surface area contributed by atoms with Gasteiger partial charge in [-0.25, -0.2) is 0 Å². The molecular formula is C20H22O2. The molecule has 2 aromatic rings. The van der Waals surface area contributed by atoms with Gasteiger partial charge >= 0.3 is 0 Å². The van der Waals surface area contributed by atoms with Gasteiger partial charge in [-0.05, 0) is 29.9 Å². The summed E-state index contributed by atoms with van der Waals surface area (Å²) >= 11 is 0. The van der Waals surface area contributed by atoms with Gasteiger partial charge < -0.3 is 9.84 Å². The first-order valence-corrected chi connectivity index (χ1v) is 7.89. The number of ether oxygens (including phenoxy) is 1. The maximum atomic E-state index is 9.51. The van der Waals surface area contributed by atoms with E-state index in [1.807, 2.05) is 36.4 Å². The van der Waals surface area contributed by atoms with Crippen molar-refractivity contribution in [3.8, 4) is 0 Å². The van der Waals surface area contributed by atoms with Gasteiger partial charge in [-0.15, -0.1) is 0 Å². The van der Waals surface area contributed by atoms with Gasteiger partial charge in [-0.3, -0.25) is 0 Å². The predicted octanol–water partition coefficient (Wildman–Crippen LogP) is 4.23. The molecule has 0 unspecified atom stereocenters. The second-order valence-electron chi connectivity index (χ2n) is 5.84. The van der Waals surface area contributed by atoms with E-state index < -0.39 is 0 Å². The molecule has 2 aromatic carbocycles. The maximum absolute atomic E-state index is 9.51. The molecular weight excluding hydrogens is 272 g/mol. The van der Waals surface area contributed by atoms with E-state index in [2.05, 4.69) is 36.4 Å². The summed E-state index contributed by atoms with van der Waals surface area (Å²) in [7, 11) is 0. The van der Waals surface area contributed by atoms with Crippen molar-refractivity contribution < 1.29 is 9.84 Å². The molecule has 1 heterocycles. The van der Waals surface area contributed by atoms with E-state index >= 15 is 0 Å². The van der Waals surface area contributed by atoms with Crippen molar-refractivity contribution in [1.29, 1.82) is 0 Å². The van der Waals surface area contributed by atoms with Crippen molar-refractivity contribution in [2.45, 2.75) is 25.0 Å². The van der Waals surface area contributed by atoms with Gasteiger partial charge in [0.1, 0.15) is 0 Å². The number of aliphatic hydroxyl groups is 1. The molecule has 0 aliphatic carbocycles. The summed E-state index contributed by atoms with van der Waals surface area (Å²) in [4.78, 5) is 0. The van der Waals surface area contributed by atoms with Crippen molar-refractivity contribution >= 4 is 6.08 Å². The maximum Gasteiger partial charge on any atom is 0.0835 e. The molecule has 0 spiro atoms. The third-order valence-corrected chi connectivity index (χ3v) is 4.17. The van der Waals surface area contributed by atoms with Crippen molar-refractivity contribution in [3.63, 3.8) is 0 Å². The highest BCUT2D eigenvalue weighted by atomic mass is 16.5. The molecule has 0 bridgehead atoms. The van der Waals surface area contributed by atoms with Crippen molar-refractivity contribution in [2.24, 2.45) is 5.92 Å². The summed E-state index contributed by atoms with van der Waals surface area (Å²) in [5.74, 6) is 0.427. The van der Waals surface area contributed by atoms with Gasteiger partial charge in [-0.1, -0.05) is 72.8 Å². The summed E-state index contributed by atoms with van der Waals surface area (Å²) in [6.07, 6.45) is 6.26. The Kier molecular flexibility index (Phi) is 5.04. The number of rotatable bonds is 4. The topological polar surface area (TPSA) is 29.5 Å². The van der Waals surface area contributed by atoms with E-state index in [0.29, 0.717) is 5.92 Å². The minimum Gasteiger partial charge on any atom is -0.394 e. The lowest BCUT2D eigenvalue weighted by molar-refractivity contribution is -0.0857. The molecule has 0 aromatic heterocycles. The van der Waals surface area contributed by atoms with Gasteiger partial charge in [0, 0.05) is 0 Å². The summed E-state index contributed by atoms with van der Waals surface area (Å²) < 4.78 is 6.02. The lowest BCUT2D eigenvalue weighted by Crippen LogP contribution is -2.30. The molecule has 3 atom stereocenters. The third-order valence-electron chi connectivity index (χ3n) is 4.17. The Morgan fingerprint density at radius 1 is 0.955 bits per heavy atom. The Bertz CT molecular complexity index is 592. The van der Waals surface area contributed by atoms with Gasteiger partial charge in [0.25, 0.3) is 0 Å². The smallest absolute Gasteiger partial charge is 0.0835 e. The van der Waals surface area contributed by atoms with Crippen LogP contribution in [0.25, 0.3) is 6.08 Å². The third kappa shape index (κ3) is 3.85. The highest BCUT2D eigenvalue weighted by Gasteiger charge is 2.28. The van der Waals surface area contributed by atoms with Crippen LogP contribution in [0.1, 0.15) is 30.1 Å². The number of aliphatic hydroxyl groups excluding tert-OH is 1. The fraction of sp³-hybridized carbons (Fsp3) is 0.300.